The molecule has 0 bridgehead atoms. The van der Waals surface area contributed by atoms with Gasteiger partial charge in [-0.1, -0.05) is 13.8 Å². The first-order valence-electron chi connectivity index (χ1n) is 4.37. The van der Waals surface area contributed by atoms with E-state index < -0.39 is 0 Å². The standard InChI is InChI=1S/C9H13BrN2OS/c1-5(2)14-4-7-11-6(3)8(10)9(13)12-7/h5H,4H2,1-3H3,(H,11,12,13). The van der Waals surface area contributed by atoms with Crippen molar-refractivity contribution in [1.29, 1.82) is 0 Å². The van der Waals surface area contributed by atoms with Crippen molar-refractivity contribution in [2.75, 3.05) is 0 Å². The van der Waals surface area contributed by atoms with Gasteiger partial charge in [-0.25, -0.2) is 4.98 Å². The SMILES string of the molecule is Cc1nc(CSC(C)C)[nH]c(=O)c1Br. The minimum atomic E-state index is -0.100. The Bertz CT molecular complexity index is 376. The molecule has 0 aliphatic heterocycles. The summed E-state index contributed by atoms with van der Waals surface area (Å²) in [6.07, 6.45) is 0. The molecule has 0 spiro atoms. The van der Waals surface area contributed by atoms with Crippen LogP contribution in [-0.2, 0) is 5.75 Å². The van der Waals surface area contributed by atoms with E-state index in [9.17, 15) is 4.79 Å². The van der Waals surface area contributed by atoms with E-state index in [4.69, 9.17) is 0 Å². The van der Waals surface area contributed by atoms with Crippen LogP contribution in [-0.4, -0.2) is 15.2 Å². The zero-order chi connectivity index (χ0) is 10.7. The Morgan fingerprint density at radius 2 is 2.21 bits per heavy atom. The highest BCUT2D eigenvalue weighted by atomic mass is 79.9. The number of rotatable bonds is 3. The Kier molecular flexibility index (Phi) is 4.19. The molecule has 0 aromatic carbocycles. The lowest BCUT2D eigenvalue weighted by Crippen LogP contribution is -2.13. The number of nitrogens with one attached hydrogen (secondary N) is 1. The Balaban J connectivity index is 2.85. The van der Waals surface area contributed by atoms with Crippen LogP contribution in [0.3, 0.4) is 0 Å². The third kappa shape index (κ3) is 3.13. The van der Waals surface area contributed by atoms with Crippen LogP contribution in [0.15, 0.2) is 9.27 Å². The van der Waals surface area contributed by atoms with Crippen molar-refractivity contribution in [2.24, 2.45) is 0 Å². The maximum absolute atomic E-state index is 11.4. The van der Waals surface area contributed by atoms with Gasteiger partial charge < -0.3 is 4.98 Å². The van der Waals surface area contributed by atoms with E-state index in [0.29, 0.717) is 9.72 Å². The van der Waals surface area contributed by atoms with E-state index in [1.807, 2.05) is 6.92 Å². The molecule has 3 nitrogen and oxygen atoms in total. The Hall–Kier alpha value is -0.290. The minimum Gasteiger partial charge on any atom is -0.309 e. The predicted octanol–water partition coefficient (Wildman–Crippen LogP) is 2.48. The molecule has 0 amide bonds. The fraction of sp³-hybridized carbons (Fsp3) is 0.556. The highest BCUT2D eigenvalue weighted by Gasteiger charge is 2.05. The molecule has 5 heteroatoms. The molecule has 0 aliphatic carbocycles. The molecule has 0 atom stereocenters. The summed E-state index contributed by atoms with van der Waals surface area (Å²) < 4.78 is 0.524. The van der Waals surface area contributed by atoms with E-state index in [2.05, 4.69) is 39.7 Å². The van der Waals surface area contributed by atoms with Crippen LogP contribution >= 0.6 is 27.7 Å². The van der Waals surface area contributed by atoms with Gasteiger partial charge >= 0.3 is 0 Å². The van der Waals surface area contributed by atoms with Crippen molar-refractivity contribution in [2.45, 2.75) is 31.8 Å². The molecular formula is C9H13BrN2OS. The maximum atomic E-state index is 11.4. The highest BCUT2D eigenvalue weighted by Crippen LogP contribution is 2.15. The molecule has 1 heterocycles. The summed E-state index contributed by atoms with van der Waals surface area (Å²) in [6.45, 7) is 6.06. The molecule has 0 aliphatic rings. The van der Waals surface area contributed by atoms with E-state index in [-0.39, 0.29) is 5.56 Å². The molecular weight excluding hydrogens is 264 g/mol. The second-order valence-corrected chi connectivity index (χ2v) is 5.63. The van der Waals surface area contributed by atoms with Crippen LogP contribution in [0.1, 0.15) is 25.4 Å². The van der Waals surface area contributed by atoms with Crippen LogP contribution < -0.4 is 5.56 Å². The number of hydrogen-bond donors (Lipinski definition) is 1. The molecule has 0 radical (unpaired) electrons. The van der Waals surface area contributed by atoms with Crippen LogP contribution in [0.2, 0.25) is 0 Å². The Morgan fingerprint density at radius 1 is 1.57 bits per heavy atom. The van der Waals surface area contributed by atoms with E-state index >= 15 is 0 Å². The second-order valence-electron chi connectivity index (χ2n) is 3.27. The summed E-state index contributed by atoms with van der Waals surface area (Å²) in [6, 6.07) is 0. The number of aryl methyl sites for hydroxylation is 1. The highest BCUT2D eigenvalue weighted by molar-refractivity contribution is 9.10. The van der Waals surface area contributed by atoms with Gasteiger partial charge in [-0.2, -0.15) is 11.8 Å². The molecule has 1 N–H and O–H groups in total. The number of thioether (sulfide) groups is 1. The van der Waals surface area contributed by atoms with Gasteiger partial charge in [0.1, 0.15) is 10.3 Å². The van der Waals surface area contributed by atoms with Crippen molar-refractivity contribution in [3.05, 3.63) is 26.3 Å². The van der Waals surface area contributed by atoms with Crippen molar-refractivity contribution in [3.63, 3.8) is 0 Å². The first kappa shape index (κ1) is 11.8. The van der Waals surface area contributed by atoms with Crippen LogP contribution in [0.25, 0.3) is 0 Å². The first-order valence-corrected chi connectivity index (χ1v) is 6.21. The first-order chi connectivity index (χ1) is 6.50. The summed E-state index contributed by atoms with van der Waals surface area (Å²) in [5.74, 6) is 1.50. The third-order valence-corrected chi connectivity index (χ3v) is 3.67. The molecule has 0 saturated carbocycles. The Labute approximate surface area is 95.8 Å². The number of H-pyrrole nitrogens is 1. The summed E-state index contributed by atoms with van der Waals surface area (Å²) in [4.78, 5) is 18.4. The van der Waals surface area contributed by atoms with E-state index in [1.54, 1.807) is 11.8 Å². The summed E-state index contributed by atoms with van der Waals surface area (Å²) >= 11 is 4.94. The molecule has 1 aromatic rings. The van der Waals surface area contributed by atoms with Gasteiger partial charge in [-0.05, 0) is 28.1 Å². The summed E-state index contributed by atoms with van der Waals surface area (Å²) in [5, 5.41) is 0.546. The normalized spacial score (nSPS) is 10.9. The number of aromatic amines is 1. The fourth-order valence-electron chi connectivity index (χ4n) is 0.944. The van der Waals surface area contributed by atoms with Gasteiger partial charge in [0, 0.05) is 0 Å². The lowest BCUT2D eigenvalue weighted by atomic mass is 10.4. The minimum absolute atomic E-state index is 0.100. The zero-order valence-electron chi connectivity index (χ0n) is 8.43. The summed E-state index contributed by atoms with van der Waals surface area (Å²) in [5.41, 5.74) is 0.643. The third-order valence-electron chi connectivity index (χ3n) is 1.63. The van der Waals surface area contributed by atoms with Crippen LogP contribution in [0.4, 0.5) is 0 Å². The lowest BCUT2D eigenvalue weighted by molar-refractivity contribution is 0.950. The van der Waals surface area contributed by atoms with Gasteiger partial charge in [0.25, 0.3) is 5.56 Å². The smallest absolute Gasteiger partial charge is 0.265 e. The fourth-order valence-corrected chi connectivity index (χ4v) is 1.76. The summed E-state index contributed by atoms with van der Waals surface area (Å²) in [7, 11) is 0. The molecule has 0 unspecified atom stereocenters. The van der Waals surface area contributed by atoms with Gasteiger partial charge in [0.15, 0.2) is 0 Å². The molecule has 0 fully saturated rings. The number of halogens is 1. The lowest BCUT2D eigenvalue weighted by Gasteiger charge is -2.05. The van der Waals surface area contributed by atoms with Crippen molar-refractivity contribution >= 4 is 27.7 Å². The average molecular weight is 277 g/mol. The largest absolute Gasteiger partial charge is 0.309 e. The molecule has 78 valence electrons. The van der Waals surface area contributed by atoms with Gasteiger partial charge in [0.2, 0.25) is 0 Å². The molecule has 1 rings (SSSR count). The molecule has 1 aromatic heterocycles. The average Bonchev–Trinajstić information content (AvgIpc) is 2.10. The monoisotopic (exact) mass is 276 g/mol. The number of nitrogens with zero attached hydrogens (tertiary/aromatic N) is 1. The Morgan fingerprint density at radius 3 is 2.71 bits per heavy atom. The molecule has 0 saturated heterocycles. The van der Waals surface area contributed by atoms with Gasteiger partial charge in [-0.15, -0.1) is 0 Å². The topological polar surface area (TPSA) is 45.8 Å². The number of aromatic nitrogens is 2. The zero-order valence-corrected chi connectivity index (χ0v) is 10.8. The van der Waals surface area contributed by atoms with E-state index in [0.717, 1.165) is 17.3 Å². The van der Waals surface area contributed by atoms with Crippen molar-refractivity contribution < 1.29 is 0 Å². The maximum Gasteiger partial charge on any atom is 0.265 e. The van der Waals surface area contributed by atoms with Crippen molar-refractivity contribution in [3.8, 4) is 0 Å². The van der Waals surface area contributed by atoms with Crippen molar-refractivity contribution in [1.82, 2.24) is 9.97 Å². The molecule has 14 heavy (non-hydrogen) atoms. The van der Waals surface area contributed by atoms with Gasteiger partial charge in [-0.3, -0.25) is 4.79 Å². The van der Waals surface area contributed by atoms with Crippen LogP contribution in [0.5, 0.6) is 0 Å². The second kappa shape index (κ2) is 4.98. The predicted molar refractivity (Wildman–Crippen MR) is 63.7 cm³/mol. The van der Waals surface area contributed by atoms with Gasteiger partial charge in [0.05, 0.1) is 11.4 Å². The quantitative estimate of drug-likeness (QED) is 0.923. The van der Waals surface area contributed by atoms with Crippen LogP contribution in [0, 0.1) is 6.92 Å². The van der Waals surface area contributed by atoms with E-state index in [1.165, 1.54) is 0 Å². The number of hydrogen-bond acceptors (Lipinski definition) is 3.